The van der Waals surface area contributed by atoms with Gasteiger partial charge in [-0.05, 0) is 32.6 Å². The Bertz CT molecular complexity index is 204. The van der Waals surface area contributed by atoms with Crippen LogP contribution in [-0.2, 0) is 0 Å². The molecule has 3 nitrogen and oxygen atoms in total. The predicted molar refractivity (Wildman–Crippen MR) is 62.8 cm³/mol. The van der Waals surface area contributed by atoms with Crippen LogP contribution in [0.25, 0.3) is 0 Å². The highest BCUT2D eigenvalue weighted by Crippen LogP contribution is 2.26. The third kappa shape index (κ3) is 4.54. The second-order valence-corrected chi connectivity index (χ2v) is 4.91. The second-order valence-electron chi connectivity index (χ2n) is 4.91. The first kappa shape index (κ1) is 12.3. The second kappa shape index (κ2) is 5.99. The van der Waals surface area contributed by atoms with Gasteiger partial charge in [0.2, 0.25) is 0 Å². The molecule has 0 heterocycles. The first-order valence-electron chi connectivity index (χ1n) is 6.18. The number of hydrogen-bond acceptors (Lipinski definition) is 1. The van der Waals surface area contributed by atoms with Gasteiger partial charge in [0.1, 0.15) is 0 Å². The van der Waals surface area contributed by atoms with E-state index in [1.54, 1.807) is 0 Å². The molecule has 2 N–H and O–H groups in total. The van der Waals surface area contributed by atoms with E-state index in [2.05, 4.69) is 17.6 Å². The van der Waals surface area contributed by atoms with Gasteiger partial charge in [-0.25, -0.2) is 4.79 Å². The van der Waals surface area contributed by atoms with Crippen molar-refractivity contribution in [2.45, 2.75) is 65.0 Å². The maximum Gasteiger partial charge on any atom is 0.315 e. The van der Waals surface area contributed by atoms with E-state index in [9.17, 15) is 4.79 Å². The lowest BCUT2D eigenvalue weighted by Crippen LogP contribution is -2.46. The summed E-state index contributed by atoms with van der Waals surface area (Å²) in [5.41, 5.74) is 0. The van der Waals surface area contributed by atoms with Gasteiger partial charge in [-0.3, -0.25) is 0 Å². The van der Waals surface area contributed by atoms with E-state index >= 15 is 0 Å². The minimum atomic E-state index is -0.00764. The Labute approximate surface area is 93.0 Å². The molecule has 0 aromatic heterocycles. The lowest BCUT2D eigenvalue weighted by molar-refractivity contribution is 0.222. The quantitative estimate of drug-likeness (QED) is 0.742. The zero-order valence-electron chi connectivity index (χ0n) is 10.2. The number of hydrogen-bond donors (Lipinski definition) is 2. The molecule has 0 saturated heterocycles. The van der Waals surface area contributed by atoms with Crippen LogP contribution in [0.4, 0.5) is 4.79 Å². The molecule has 3 heteroatoms. The number of amides is 2. The zero-order chi connectivity index (χ0) is 11.3. The largest absolute Gasteiger partial charge is 0.336 e. The minimum absolute atomic E-state index is 0.00764. The maximum absolute atomic E-state index is 11.5. The van der Waals surface area contributed by atoms with Crippen molar-refractivity contribution in [2.75, 3.05) is 0 Å². The van der Waals surface area contributed by atoms with Crippen LogP contribution < -0.4 is 10.6 Å². The molecule has 2 atom stereocenters. The minimum Gasteiger partial charge on any atom is -0.336 e. The maximum atomic E-state index is 11.5. The van der Waals surface area contributed by atoms with Crippen molar-refractivity contribution in [3.8, 4) is 0 Å². The first-order chi connectivity index (χ1) is 7.11. The molecule has 15 heavy (non-hydrogen) atoms. The van der Waals surface area contributed by atoms with Gasteiger partial charge in [0.25, 0.3) is 0 Å². The van der Waals surface area contributed by atoms with Gasteiger partial charge in [0.05, 0.1) is 0 Å². The Kier molecular flexibility index (Phi) is 4.92. The molecule has 0 radical (unpaired) electrons. The van der Waals surface area contributed by atoms with E-state index < -0.39 is 0 Å². The van der Waals surface area contributed by atoms with Crippen LogP contribution >= 0.6 is 0 Å². The average molecular weight is 212 g/mol. The van der Waals surface area contributed by atoms with Crippen molar-refractivity contribution in [2.24, 2.45) is 5.92 Å². The topological polar surface area (TPSA) is 41.1 Å². The van der Waals surface area contributed by atoms with Gasteiger partial charge in [-0.1, -0.05) is 26.2 Å². The van der Waals surface area contributed by atoms with E-state index in [0.29, 0.717) is 6.04 Å². The van der Waals surface area contributed by atoms with Gasteiger partial charge in [-0.2, -0.15) is 0 Å². The van der Waals surface area contributed by atoms with Crippen LogP contribution in [-0.4, -0.2) is 18.1 Å². The number of urea groups is 1. The Morgan fingerprint density at radius 1 is 1.40 bits per heavy atom. The molecule has 2 amide bonds. The number of carbonyl (C=O) groups is 1. The molecule has 2 unspecified atom stereocenters. The summed E-state index contributed by atoms with van der Waals surface area (Å²) in [6.07, 6.45) is 6.12. The lowest BCUT2D eigenvalue weighted by atomic mass is 9.84. The summed E-state index contributed by atoms with van der Waals surface area (Å²) in [7, 11) is 0. The summed E-state index contributed by atoms with van der Waals surface area (Å²) >= 11 is 0. The summed E-state index contributed by atoms with van der Waals surface area (Å²) in [5.74, 6) is 0.808. The molecule has 1 aliphatic rings. The van der Waals surface area contributed by atoms with E-state index in [1.165, 1.54) is 19.3 Å². The zero-order valence-corrected chi connectivity index (χ0v) is 10.2. The van der Waals surface area contributed by atoms with Crippen molar-refractivity contribution in [1.29, 1.82) is 0 Å². The van der Waals surface area contributed by atoms with Gasteiger partial charge in [-0.15, -0.1) is 0 Å². The fraction of sp³-hybridized carbons (Fsp3) is 0.917. The van der Waals surface area contributed by atoms with Crippen molar-refractivity contribution in [3.63, 3.8) is 0 Å². The molecule has 1 saturated carbocycles. The highest BCUT2D eigenvalue weighted by atomic mass is 16.2. The molecular weight excluding hydrogens is 188 g/mol. The van der Waals surface area contributed by atoms with E-state index in [-0.39, 0.29) is 12.1 Å². The van der Waals surface area contributed by atoms with Gasteiger partial charge in [0, 0.05) is 12.1 Å². The highest BCUT2D eigenvalue weighted by Gasteiger charge is 2.21. The molecular formula is C12H24N2O. The molecule has 1 aliphatic carbocycles. The third-order valence-corrected chi connectivity index (χ3v) is 3.12. The van der Waals surface area contributed by atoms with E-state index in [4.69, 9.17) is 0 Å². The van der Waals surface area contributed by atoms with Crippen LogP contribution in [0.2, 0.25) is 0 Å². The molecule has 0 aliphatic heterocycles. The van der Waals surface area contributed by atoms with Gasteiger partial charge < -0.3 is 10.6 Å². The molecule has 1 fully saturated rings. The lowest BCUT2D eigenvalue weighted by Gasteiger charge is -2.29. The van der Waals surface area contributed by atoms with E-state index in [0.717, 1.165) is 18.8 Å². The van der Waals surface area contributed by atoms with Crippen LogP contribution in [0.1, 0.15) is 52.9 Å². The summed E-state index contributed by atoms with van der Waals surface area (Å²) in [6, 6.07) is 0.602. The molecule has 1 rings (SSSR count). The SMILES string of the molecule is CCC1CCCC(NC(=O)NC(C)C)C1. The highest BCUT2D eigenvalue weighted by molar-refractivity contribution is 5.74. The monoisotopic (exact) mass is 212 g/mol. The average Bonchev–Trinajstić information content (AvgIpc) is 2.16. The summed E-state index contributed by atoms with van der Waals surface area (Å²) in [5, 5.41) is 5.94. The standard InChI is InChI=1S/C12H24N2O/c1-4-10-6-5-7-11(8-10)14-12(15)13-9(2)3/h9-11H,4-8H2,1-3H3,(H2,13,14,15). The Hall–Kier alpha value is -0.730. The molecule has 0 aromatic rings. The Morgan fingerprint density at radius 3 is 2.73 bits per heavy atom. The van der Waals surface area contributed by atoms with Crippen molar-refractivity contribution < 1.29 is 4.79 Å². The summed E-state index contributed by atoms with van der Waals surface area (Å²) < 4.78 is 0. The van der Waals surface area contributed by atoms with Crippen molar-refractivity contribution in [1.82, 2.24) is 10.6 Å². The number of nitrogens with one attached hydrogen (secondary N) is 2. The van der Waals surface area contributed by atoms with Crippen LogP contribution in [0.3, 0.4) is 0 Å². The molecule has 0 bridgehead atoms. The fourth-order valence-electron chi connectivity index (χ4n) is 2.28. The van der Waals surface area contributed by atoms with Crippen molar-refractivity contribution in [3.05, 3.63) is 0 Å². The Balaban J connectivity index is 2.28. The summed E-state index contributed by atoms with van der Waals surface area (Å²) in [4.78, 5) is 11.5. The van der Waals surface area contributed by atoms with Crippen LogP contribution in [0.5, 0.6) is 0 Å². The normalized spacial score (nSPS) is 26.4. The Morgan fingerprint density at radius 2 is 2.13 bits per heavy atom. The molecule has 0 aromatic carbocycles. The van der Waals surface area contributed by atoms with Gasteiger partial charge in [0.15, 0.2) is 0 Å². The number of carbonyl (C=O) groups excluding carboxylic acids is 1. The van der Waals surface area contributed by atoms with E-state index in [1.807, 2.05) is 13.8 Å². The first-order valence-corrected chi connectivity index (χ1v) is 6.18. The predicted octanol–water partition coefficient (Wildman–Crippen LogP) is 2.66. The molecule has 88 valence electrons. The molecule has 0 spiro atoms. The van der Waals surface area contributed by atoms with Crippen LogP contribution in [0.15, 0.2) is 0 Å². The van der Waals surface area contributed by atoms with Gasteiger partial charge >= 0.3 is 6.03 Å². The smallest absolute Gasteiger partial charge is 0.315 e. The number of rotatable bonds is 3. The third-order valence-electron chi connectivity index (χ3n) is 3.12. The summed E-state index contributed by atoms with van der Waals surface area (Å²) in [6.45, 7) is 6.20. The van der Waals surface area contributed by atoms with Crippen LogP contribution in [0, 0.1) is 5.92 Å². The fourth-order valence-corrected chi connectivity index (χ4v) is 2.28. The van der Waals surface area contributed by atoms with Crippen molar-refractivity contribution >= 4 is 6.03 Å².